The van der Waals surface area contributed by atoms with E-state index in [1.54, 1.807) is 24.3 Å². The lowest BCUT2D eigenvalue weighted by molar-refractivity contribution is -0.0460. The summed E-state index contributed by atoms with van der Waals surface area (Å²) in [6, 6.07) is 7.09. The van der Waals surface area contributed by atoms with Crippen LogP contribution in [0.3, 0.4) is 0 Å². The Kier molecular flexibility index (Phi) is 2.50. The van der Waals surface area contributed by atoms with Crippen molar-refractivity contribution in [3.63, 3.8) is 0 Å². The number of allylic oxidation sites excluding steroid dienone is 1. The number of rotatable bonds is 0. The van der Waals surface area contributed by atoms with E-state index >= 15 is 0 Å². The average molecular weight is 264 g/mol. The van der Waals surface area contributed by atoms with Crippen LogP contribution in [0, 0.1) is 0 Å². The lowest BCUT2D eigenvalue weighted by Crippen LogP contribution is -2.32. The van der Waals surface area contributed by atoms with Gasteiger partial charge in [0, 0.05) is 5.03 Å². The molecule has 1 aromatic carbocycles. The van der Waals surface area contributed by atoms with E-state index in [2.05, 4.69) is 10.6 Å². The number of para-hydroxylation sites is 1. The molecule has 0 unspecified atom stereocenters. The summed E-state index contributed by atoms with van der Waals surface area (Å²) < 4.78 is 0. The number of benzene rings is 1. The summed E-state index contributed by atoms with van der Waals surface area (Å²) in [5, 5.41) is 17.0. The SMILES string of the molecule is O=C1NC2=C(Nc3ccccc31)N(O)CC(Cl)=C2. The number of nitrogens with one attached hydrogen (secondary N) is 2. The molecule has 1 aromatic rings. The minimum atomic E-state index is -0.237. The molecule has 0 spiro atoms. The third-order valence-electron chi connectivity index (χ3n) is 2.79. The number of amides is 1. The number of nitrogens with zero attached hydrogens (tertiary/aromatic N) is 1. The summed E-state index contributed by atoms with van der Waals surface area (Å²) in [6.45, 7) is 0.186. The first-order valence-corrected chi connectivity index (χ1v) is 5.77. The highest BCUT2D eigenvalue weighted by molar-refractivity contribution is 6.30. The van der Waals surface area contributed by atoms with Gasteiger partial charge < -0.3 is 10.6 Å². The molecule has 0 fully saturated rings. The maximum absolute atomic E-state index is 12.0. The molecule has 2 heterocycles. The second kappa shape index (κ2) is 4.04. The van der Waals surface area contributed by atoms with Crippen LogP contribution in [0.15, 0.2) is 46.9 Å². The number of halogens is 1. The normalized spacial score (nSPS) is 18.2. The summed E-state index contributed by atoms with van der Waals surface area (Å²) in [4.78, 5) is 12.0. The number of hydrogen-bond acceptors (Lipinski definition) is 4. The van der Waals surface area contributed by atoms with Crippen molar-refractivity contribution in [2.45, 2.75) is 0 Å². The van der Waals surface area contributed by atoms with Gasteiger partial charge in [-0.15, -0.1) is 0 Å². The zero-order valence-electron chi connectivity index (χ0n) is 9.27. The molecule has 0 radical (unpaired) electrons. The minimum Gasteiger partial charge on any atom is -0.338 e. The van der Waals surface area contributed by atoms with E-state index in [9.17, 15) is 10.0 Å². The molecule has 0 saturated heterocycles. The fraction of sp³-hybridized carbons (Fsp3) is 0.0833. The van der Waals surface area contributed by atoms with Crippen molar-refractivity contribution in [1.29, 1.82) is 0 Å². The van der Waals surface area contributed by atoms with Gasteiger partial charge in [-0.05, 0) is 18.2 Å². The summed E-state index contributed by atoms with van der Waals surface area (Å²) in [6.07, 6.45) is 1.63. The largest absolute Gasteiger partial charge is 0.338 e. The number of hydroxylamine groups is 2. The maximum atomic E-state index is 12.0. The van der Waals surface area contributed by atoms with Crippen molar-refractivity contribution >= 4 is 23.2 Å². The van der Waals surface area contributed by atoms with Crippen LogP contribution in [0.5, 0.6) is 0 Å². The van der Waals surface area contributed by atoms with Gasteiger partial charge in [-0.3, -0.25) is 10.0 Å². The van der Waals surface area contributed by atoms with Crippen molar-refractivity contribution in [3.8, 4) is 0 Å². The van der Waals surface area contributed by atoms with E-state index in [4.69, 9.17) is 11.6 Å². The van der Waals surface area contributed by atoms with Crippen LogP contribution in [0.4, 0.5) is 5.69 Å². The first kappa shape index (κ1) is 11.1. The highest BCUT2D eigenvalue weighted by Crippen LogP contribution is 2.27. The Hall–Kier alpha value is -1.98. The molecule has 0 bridgehead atoms. The van der Waals surface area contributed by atoms with Crippen molar-refractivity contribution in [2.75, 3.05) is 11.9 Å². The second-order valence-electron chi connectivity index (χ2n) is 4.04. The number of hydrogen-bond donors (Lipinski definition) is 3. The smallest absolute Gasteiger partial charge is 0.257 e. The van der Waals surface area contributed by atoms with Gasteiger partial charge in [-0.25, -0.2) is 5.06 Å². The minimum absolute atomic E-state index is 0.186. The number of carbonyl (C=O) groups is 1. The van der Waals surface area contributed by atoms with Crippen LogP contribution in [0.1, 0.15) is 10.4 Å². The highest BCUT2D eigenvalue weighted by atomic mass is 35.5. The second-order valence-corrected chi connectivity index (χ2v) is 4.52. The van der Waals surface area contributed by atoms with Gasteiger partial charge in [0.2, 0.25) is 0 Å². The van der Waals surface area contributed by atoms with E-state index < -0.39 is 0 Å². The molecule has 1 amide bonds. The third kappa shape index (κ3) is 1.73. The van der Waals surface area contributed by atoms with Crippen LogP contribution in [-0.4, -0.2) is 22.7 Å². The average Bonchev–Trinajstić information content (AvgIpc) is 2.47. The molecule has 0 saturated carbocycles. The Bertz CT molecular complexity index is 595. The van der Waals surface area contributed by atoms with Gasteiger partial charge in [-0.2, -0.15) is 0 Å². The van der Waals surface area contributed by atoms with E-state index in [0.29, 0.717) is 27.8 Å². The summed E-state index contributed by atoms with van der Waals surface area (Å²) in [5.74, 6) is 0.178. The predicted molar refractivity (Wildman–Crippen MR) is 67.0 cm³/mol. The molecule has 3 rings (SSSR count). The van der Waals surface area contributed by atoms with Gasteiger partial charge in [-0.1, -0.05) is 23.7 Å². The third-order valence-corrected chi connectivity index (χ3v) is 3.02. The maximum Gasteiger partial charge on any atom is 0.257 e. The van der Waals surface area contributed by atoms with Crippen molar-refractivity contribution in [2.24, 2.45) is 0 Å². The van der Waals surface area contributed by atoms with Crippen molar-refractivity contribution in [3.05, 3.63) is 52.5 Å². The predicted octanol–water partition coefficient (Wildman–Crippen LogP) is 1.84. The van der Waals surface area contributed by atoms with Crippen LogP contribution in [0.2, 0.25) is 0 Å². The summed E-state index contributed by atoms with van der Waals surface area (Å²) in [5.41, 5.74) is 1.62. The Morgan fingerprint density at radius 1 is 1.28 bits per heavy atom. The summed E-state index contributed by atoms with van der Waals surface area (Å²) in [7, 11) is 0. The van der Waals surface area contributed by atoms with Crippen LogP contribution in [0.25, 0.3) is 0 Å². The number of carbonyl (C=O) groups excluding carboxylic acids is 1. The Morgan fingerprint density at radius 2 is 2.06 bits per heavy atom. The van der Waals surface area contributed by atoms with Gasteiger partial charge in [0.15, 0.2) is 5.82 Å². The molecule has 92 valence electrons. The van der Waals surface area contributed by atoms with Gasteiger partial charge in [0.05, 0.1) is 23.5 Å². The number of anilines is 1. The monoisotopic (exact) mass is 263 g/mol. The first-order valence-electron chi connectivity index (χ1n) is 5.39. The Balaban J connectivity index is 2.11. The Labute approximate surface area is 108 Å². The molecule has 18 heavy (non-hydrogen) atoms. The van der Waals surface area contributed by atoms with E-state index in [0.717, 1.165) is 5.06 Å². The highest BCUT2D eigenvalue weighted by Gasteiger charge is 2.25. The molecule has 2 aliphatic rings. The number of fused-ring (bicyclic) bond motifs is 1. The molecule has 3 N–H and O–H groups in total. The molecule has 0 atom stereocenters. The molecule has 0 aromatic heterocycles. The first-order chi connectivity index (χ1) is 8.65. The molecule has 5 nitrogen and oxygen atoms in total. The molecule has 6 heteroatoms. The molecular weight excluding hydrogens is 254 g/mol. The van der Waals surface area contributed by atoms with Gasteiger partial charge in [0.25, 0.3) is 5.91 Å². The Morgan fingerprint density at radius 3 is 2.89 bits per heavy atom. The lowest BCUT2D eigenvalue weighted by Gasteiger charge is -2.25. The molecular formula is C12H10ClN3O2. The van der Waals surface area contributed by atoms with E-state index in [1.807, 2.05) is 6.07 Å². The zero-order chi connectivity index (χ0) is 12.7. The fourth-order valence-corrected chi connectivity index (χ4v) is 2.19. The van der Waals surface area contributed by atoms with Gasteiger partial charge in [0.1, 0.15) is 0 Å². The molecule has 0 aliphatic carbocycles. The topological polar surface area (TPSA) is 64.6 Å². The van der Waals surface area contributed by atoms with Crippen LogP contribution in [-0.2, 0) is 0 Å². The fourth-order valence-electron chi connectivity index (χ4n) is 1.97. The zero-order valence-corrected chi connectivity index (χ0v) is 10.0. The quantitative estimate of drug-likeness (QED) is 0.668. The molecule has 2 aliphatic heterocycles. The lowest BCUT2D eigenvalue weighted by atomic mass is 10.1. The van der Waals surface area contributed by atoms with E-state index in [1.165, 1.54) is 0 Å². The van der Waals surface area contributed by atoms with Crippen molar-refractivity contribution in [1.82, 2.24) is 10.4 Å². The standard InChI is InChI=1S/C12H10ClN3O2/c13-7-5-10-11(16(18)6-7)14-9-4-2-1-3-8(9)12(17)15-10/h1-5,14,18H,6H2,(H,15,17). The van der Waals surface area contributed by atoms with Crippen molar-refractivity contribution < 1.29 is 10.0 Å². The van der Waals surface area contributed by atoms with E-state index in [-0.39, 0.29) is 12.5 Å². The summed E-state index contributed by atoms with van der Waals surface area (Å²) >= 11 is 5.89. The van der Waals surface area contributed by atoms with Crippen LogP contribution < -0.4 is 10.6 Å². The van der Waals surface area contributed by atoms with Gasteiger partial charge >= 0.3 is 0 Å². The van der Waals surface area contributed by atoms with Crippen LogP contribution >= 0.6 is 11.6 Å².